The number of sulfonamides is 1. The number of nitrogens with zero attached hydrogens (tertiary/aromatic N) is 3. The molecule has 1 aromatic heterocycles. The Morgan fingerprint density at radius 2 is 1.70 bits per heavy atom. The largest absolute Gasteiger partial charge is 0.492 e. The molecular weight excluding hydrogens is 438 g/mol. The summed E-state index contributed by atoms with van der Waals surface area (Å²) < 4.78 is 34.0. The molecule has 2 heterocycles. The smallest absolute Gasteiger partial charge is 0.243 e. The minimum absolute atomic E-state index is 0.122. The van der Waals surface area contributed by atoms with Gasteiger partial charge in [-0.1, -0.05) is 36.4 Å². The van der Waals surface area contributed by atoms with E-state index in [0.717, 1.165) is 23.6 Å². The molecule has 0 saturated carbocycles. The summed E-state index contributed by atoms with van der Waals surface area (Å²) in [7, 11) is -3.53. The minimum atomic E-state index is -3.53. The molecule has 0 radical (unpaired) electrons. The predicted octanol–water partition coefficient (Wildman–Crippen LogP) is 3.43. The summed E-state index contributed by atoms with van der Waals surface area (Å²) in [4.78, 5) is 8.58. The van der Waals surface area contributed by atoms with Crippen LogP contribution in [0.3, 0.4) is 0 Å². The lowest BCUT2D eigenvalue weighted by molar-refractivity contribution is 0.186. The summed E-state index contributed by atoms with van der Waals surface area (Å²) in [6.45, 7) is 1.38. The quantitative estimate of drug-likeness (QED) is 0.464. The first-order valence-corrected chi connectivity index (χ1v) is 12.3. The van der Waals surface area contributed by atoms with Crippen molar-refractivity contribution < 1.29 is 13.2 Å². The number of fused-ring (bicyclic) bond motifs is 2. The summed E-state index contributed by atoms with van der Waals surface area (Å²) in [5.41, 5.74) is 12.4. The second-order valence-corrected chi connectivity index (χ2v) is 10.2. The lowest BCUT2D eigenvalue weighted by Gasteiger charge is -2.31. The summed E-state index contributed by atoms with van der Waals surface area (Å²) in [5, 5.41) is 2.58. The molecule has 5 rings (SSSR count). The van der Waals surface area contributed by atoms with E-state index in [2.05, 4.69) is 9.97 Å². The van der Waals surface area contributed by atoms with Crippen molar-refractivity contribution in [1.29, 1.82) is 0 Å². The van der Waals surface area contributed by atoms with Crippen LogP contribution in [0.2, 0.25) is 0 Å². The Kier molecular flexibility index (Phi) is 5.51. The van der Waals surface area contributed by atoms with Gasteiger partial charge in [0.1, 0.15) is 11.6 Å². The molecule has 0 amide bonds. The van der Waals surface area contributed by atoms with Crippen molar-refractivity contribution in [2.24, 2.45) is 5.92 Å². The van der Waals surface area contributed by atoms with Gasteiger partial charge in [0.15, 0.2) is 0 Å². The maximum absolute atomic E-state index is 13.2. The summed E-state index contributed by atoms with van der Waals surface area (Å²) in [6, 6.07) is 18.5. The van der Waals surface area contributed by atoms with Gasteiger partial charge in [-0.25, -0.2) is 13.4 Å². The molecule has 0 bridgehead atoms. The van der Waals surface area contributed by atoms with E-state index in [1.165, 1.54) is 0 Å². The van der Waals surface area contributed by atoms with E-state index in [9.17, 15) is 8.42 Å². The Balaban J connectivity index is 1.25. The number of piperidine rings is 1. The van der Waals surface area contributed by atoms with E-state index in [4.69, 9.17) is 16.2 Å². The highest BCUT2D eigenvalue weighted by molar-refractivity contribution is 7.89. The molecule has 0 unspecified atom stereocenters. The van der Waals surface area contributed by atoms with Gasteiger partial charge in [-0.2, -0.15) is 9.29 Å². The van der Waals surface area contributed by atoms with Crippen LogP contribution in [0, 0.1) is 5.92 Å². The number of anilines is 2. The molecule has 1 saturated heterocycles. The SMILES string of the molecule is Nc1nc(N)c2c(OCC3CCN(S(=O)(=O)c4ccc5ccccc5c4)CC3)cccc2n1. The van der Waals surface area contributed by atoms with Crippen LogP contribution in [0.1, 0.15) is 12.8 Å². The fourth-order valence-corrected chi connectivity index (χ4v) is 5.82. The zero-order valence-corrected chi connectivity index (χ0v) is 18.8. The lowest BCUT2D eigenvalue weighted by Crippen LogP contribution is -2.39. The average molecular weight is 464 g/mol. The first-order valence-electron chi connectivity index (χ1n) is 10.9. The van der Waals surface area contributed by atoms with Gasteiger partial charge < -0.3 is 16.2 Å². The molecular formula is C24H25N5O3S. The van der Waals surface area contributed by atoms with E-state index in [-0.39, 0.29) is 17.7 Å². The van der Waals surface area contributed by atoms with Crippen molar-refractivity contribution in [2.75, 3.05) is 31.2 Å². The highest BCUT2D eigenvalue weighted by atomic mass is 32.2. The second-order valence-electron chi connectivity index (χ2n) is 8.28. The van der Waals surface area contributed by atoms with Gasteiger partial charge in [-0.3, -0.25) is 0 Å². The maximum atomic E-state index is 13.2. The number of hydrogen-bond acceptors (Lipinski definition) is 7. The fourth-order valence-electron chi connectivity index (χ4n) is 4.32. The van der Waals surface area contributed by atoms with Crippen molar-refractivity contribution in [3.63, 3.8) is 0 Å². The highest BCUT2D eigenvalue weighted by Gasteiger charge is 2.30. The first kappa shape index (κ1) is 21.4. The second kappa shape index (κ2) is 8.49. The average Bonchev–Trinajstić information content (AvgIpc) is 2.82. The normalized spacial score (nSPS) is 15.8. The molecule has 1 aliphatic heterocycles. The van der Waals surface area contributed by atoms with Gasteiger partial charge >= 0.3 is 0 Å². The summed E-state index contributed by atoms with van der Waals surface area (Å²) >= 11 is 0. The van der Waals surface area contributed by atoms with Gasteiger partial charge in [0.05, 0.1) is 22.4 Å². The van der Waals surface area contributed by atoms with Crippen LogP contribution in [0.15, 0.2) is 65.6 Å². The molecule has 0 atom stereocenters. The van der Waals surface area contributed by atoms with Gasteiger partial charge in [0.2, 0.25) is 16.0 Å². The van der Waals surface area contributed by atoms with Crippen LogP contribution < -0.4 is 16.2 Å². The fraction of sp³-hybridized carbons (Fsp3) is 0.250. The van der Waals surface area contributed by atoms with Gasteiger partial charge in [-0.15, -0.1) is 0 Å². The van der Waals surface area contributed by atoms with Crippen LogP contribution in [-0.4, -0.2) is 42.4 Å². The maximum Gasteiger partial charge on any atom is 0.243 e. The summed E-state index contributed by atoms with van der Waals surface area (Å²) in [5.74, 6) is 1.25. The first-order chi connectivity index (χ1) is 15.9. The Bertz CT molecular complexity index is 1430. The highest BCUT2D eigenvalue weighted by Crippen LogP contribution is 2.31. The van der Waals surface area contributed by atoms with Gasteiger partial charge in [-0.05, 0) is 53.8 Å². The van der Waals surface area contributed by atoms with E-state index in [1.807, 2.05) is 48.5 Å². The van der Waals surface area contributed by atoms with Gasteiger partial charge in [0, 0.05) is 13.1 Å². The predicted molar refractivity (Wildman–Crippen MR) is 129 cm³/mol. The molecule has 8 nitrogen and oxygen atoms in total. The number of ether oxygens (including phenoxy) is 1. The third kappa shape index (κ3) is 4.17. The number of aromatic nitrogens is 2. The van der Waals surface area contributed by atoms with E-state index in [0.29, 0.717) is 41.2 Å². The zero-order chi connectivity index (χ0) is 23.0. The molecule has 170 valence electrons. The topological polar surface area (TPSA) is 124 Å². The number of hydrogen-bond donors (Lipinski definition) is 2. The number of benzene rings is 3. The van der Waals surface area contributed by atoms with E-state index in [1.54, 1.807) is 16.4 Å². The van der Waals surface area contributed by atoms with Crippen molar-refractivity contribution in [1.82, 2.24) is 14.3 Å². The molecule has 0 aliphatic carbocycles. The Morgan fingerprint density at radius 3 is 2.48 bits per heavy atom. The van der Waals surface area contributed by atoms with E-state index >= 15 is 0 Å². The molecule has 1 fully saturated rings. The van der Waals surface area contributed by atoms with Crippen LogP contribution in [0.5, 0.6) is 5.75 Å². The Morgan fingerprint density at radius 1 is 0.939 bits per heavy atom. The third-order valence-electron chi connectivity index (χ3n) is 6.14. The minimum Gasteiger partial charge on any atom is -0.492 e. The van der Waals surface area contributed by atoms with Gasteiger partial charge in [0.25, 0.3) is 0 Å². The molecule has 4 N–H and O–H groups in total. The lowest BCUT2D eigenvalue weighted by atomic mass is 9.99. The third-order valence-corrected chi connectivity index (χ3v) is 8.03. The van der Waals surface area contributed by atoms with Crippen LogP contribution in [-0.2, 0) is 10.0 Å². The molecule has 33 heavy (non-hydrogen) atoms. The van der Waals surface area contributed by atoms with Crippen LogP contribution in [0.4, 0.5) is 11.8 Å². The van der Waals surface area contributed by atoms with Crippen molar-refractivity contribution in [3.8, 4) is 5.75 Å². The number of rotatable bonds is 5. The van der Waals surface area contributed by atoms with E-state index < -0.39 is 10.0 Å². The van der Waals surface area contributed by atoms with Crippen molar-refractivity contribution in [3.05, 3.63) is 60.7 Å². The standard InChI is InChI=1S/C24H25N5O3S/c25-23-22-20(27-24(26)28-23)6-3-7-21(22)32-15-16-10-12-29(13-11-16)33(30,31)19-9-8-17-4-1-2-5-18(17)14-19/h1-9,14,16H,10-13,15H2,(H4,25,26,27,28). The van der Waals surface area contributed by atoms with Crippen LogP contribution in [0.25, 0.3) is 21.7 Å². The number of nitrogen functional groups attached to an aromatic ring is 2. The summed E-state index contributed by atoms with van der Waals surface area (Å²) in [6.07, 6.45) is 1.44. The van der Waals surface area contributed by atoms with Crippen molar-refractivity contribution >= 4 is 43.5 Å². The van der Waals surface area contributed by atoms with Crippen LogP contribution >= 0.6 is 0 Å². The molecule has 1 aliphatic rings. The zero-order valence-electron chi connectivity index (χ0n) is 18.0. The molecule has 4 aromatic rings. The monoisotopic (exact) mass is 463 g/mol. The Hall–Kier alpha value is -3.43. The molecule has 0 spiro atoms. The molecule has 3 aromatic carbocycles. The number of nitrogens with two attached hydrogens (primary N) is 2. The Labute approximate surface area is 192 Å². The molecule has 9 heteroatoms. The van der Waals surface area contributed by atoms with Crippen molar-refractivity contribution in [2.45, 2.75) is 17.7 Å².